The van der Waals surface area contributed by atoms with E-state index < -0.39 is 5.97 Å². The number of carboxylic acid groups (broad SMARTS) is 1. The van der Waals surface area contributed by atoms with Gasteiger partial charge in [0, 0.05) is 13.0 Å². The lowest BCUT2D eigenvalue weighted by Crippen LogP contribution is -2.35. The van der Waals surface area contributed by atoms with Gasteiger partial charge in [-0.2, -0.15) is 0 Å². The number of carboxylic acids is 1. The first-order valence-corrected chi connectivity index (χ1v) is 4.79. The molecule has 3 heteroatoms. The molecule has 3 nitrogen and oxygen atoms in total. The minimum Gasteiger partial charge on any atom is -0.481 e. The van der Waals surface area contributed by atoms with Crippen LogP contribution in [-0.2, 0) is 4.79 Å². The van der Waals surface area contributed by atoms with Crippen molar-refractivity contribution >= 4 is 5.97 Å². The van der Waals surface area contributed by atoms with Gasteiger partial charge in [0.05, 0.1) is 0 Å². The summed E-state index contributed by atoms with van der Waals surface area (Å²) >= 11 is 0. The van der Waals surface area contributed by atoms with Crippen LogP contribution in [0.1, 0.15) is 19.3 Å². The molecular formula is C10H17NO2. The Hall–Kier alpha value is -0.830. The number of rotatable bonds is 4. The van der Waals surface area contributed by atoms with Crippen molar-refractivity contribution in [3.8, 4) is 0 Å². The lowest BCUT2D eigenvalue weighted by Gasteiger charge is -2.29. The van der Waals surface area contributed by atoms with E-state index in [4.69, 9.17) is 5.11 Å². The van der Waals surface area contributed by atoms with Crippen molar-refractivity contribution in [3.63, 3.8) is 0 Å². The Balaban J connectivity index is 2.35. The Morgan fingerprint density at radius 1 is 1.69 bits per heavy atom. The second kappa shape index (κ2) is 5.02. The van der Waals surface area contributed by atoms with Crippen LogP contribution in [0.15, 0.2) is 12.7 Å². The van der Waals surface area contributed by atoms with Gasteiger partial charge in [-0.15, -0.1) is 6.58 Å². The monoisotopic (exact) mass is 183 g/mol. The van der Waals surface area contributed by atoms with E-state index in [-0.39, 0.29) is 6.42 Å². The zero-order valence-corrected chi connectivity index (χ0v) is 7.83. The number of carbonyl (C=O) groups is 1. The zero-order valence-electron chi connectivity index (χ0n) is 7.83. The maximum atomic E-state index is 10.4. The van der Waals surface area contributed by atoms with E-state index in [1.54, 1.807) is 0 Å². The van der Waals surface area contributed by atoms with Gasteiger partial charge in [0.15, 0.2) is 0 Å². The normalized spacial score (nSPS) is 28.3. The fourth-order valence-electron chi connectivity index (χ4n) is 1.88. The lowest BCUT2D eigenvalue weighted by molar-refractivity contribution is -0.137. The maximum Gasteiger partial charge on any atom is 0.303 e. The first-order chi connectivity index (χ1) is 6.24. The molecule has 0 aromatic rings. The standard InChI is InChI=1S/C10H17NO2/c1-2-8-7-11-6-5-9(8)3-4-10(12)13/h2,8-9,11H,1,3-7H2,(H,12,13)/t8-,9+/m1/s1. The molecule has 0 aliphatic carbocycles. The van der Waals surface area contributed by atoms with Crippen LogP contribution in [0.3, 0.4) is 0 Å². The van der Waals surface area contributed by atoms with Gasteiger partial charge < -0.3 is 10.4 Å². The van der Waals surface area contributed by atoms with E-state index in [1.165, 1.54) is 0 Å². The first-order valence-electron chi connectivity index (χ1n) is 4.79. The molecule has 1 aliphatic heterocycles. The molecule has 0 radical (unpaired) electrons. The predicted molar refractivity (Wildman–Crippen MR) is 51.5 cm³/mol. The predicted octanol–water partition coefficient (Wildman–Crippen LogP) is 1.26. The summed E-state index contributed by atoms with van der Waals surface area (Å²) < 4.78 is 0. The van der Waals surface area contributed by atoms with E-state index in [2.05, 4.69) is 11.9 Å². The second-order valence-corrected chi connectivity index (χ2v) is 3.58. The molecule has 0 amide bonds. The summed E-state index contributed by atoms with van der Waals surface area (Å²) in [5.41, 5.74) is 0. The number of nitrogens with one attached hydrogen (secondary N) is 1. The highest BCUT2D eigenvalue weighted by atomic mass is 16.4. The van der Waals surface area contributed by atoms with E-state index in [0.717, 1.165) is 25.9 Å². The summed E-state index contributed by atoms with van der Waals surface area (Å²) in [6, 6.07) is 0. The van der Waals surface area contributed by atoms with Gasteiger partial charge in [-0.25, -0.2) is 0 Å². The molecule has 13 heavy (non-hydrogen) atoms. The van der Waals surface area contributed by atoms with E-state index in [9.17, 15) is 4.79 Å². The van der Waals surface area contributed by atoms with Crippen molar-refractivity contribution in [2.24, 2.45) is 11.8 Å². The number of aliphatic carboxylic acids is 1. The third-order valence-electron chi connectivity index (χ3n) is 2.71. The Bertz CT molecular complexity index is 191. The van der Waals surface area contributed by atoms with Crippen LogP contribution >= 0.6 is 0 Å². The van der Waals surface area contributed by atoms with Crippen molar-refractivity contribution in [2.75, 3.05) is 13.1 Å². The average Bonchev–Trinajstić information content (AvgIpc) is 2.15. The van der Waals surface area contributed by atoms with Gasteiger partial charge in [-0.3, -0.25) is 4.79 Å². The smallest absolute Gasteiger partial charge is 0.303 e. The van der Waals surface area contributed by atoms with Gasteiger partial charge in [0.2, 0.25) is 0 Å². The van der Waals surface area contributed by atoms with Crippen LogP contribution in [0.2, 0.25) is 0 Å². The van der Waals surface area contributed by atoms with Crippen LogP contribution in [0.4, 0.5) is 0 Å². The summed E-state index contributed by atoms with van der Waals surface area (Å²) in [4.78, 5) is 10.4. The molecule has 0 spiro atoms. The summed E-state index contributed by atoms with van der Waals surface area (Å²) in [5.74, 6) is 0.268. The van der Waals surface area contributed by atoms with Gasteiger partial charge >= 0.3 is 5.97 Å². The number of piperidine rings is 1. The Morgan fingerprint density at radius 3 is 3.08 bits per heavy atom. The van der Waals surface area contributed by atoms with Crippen LogP contribution in [0, 0.1) is 11.8 Å². The number of hydrogen-bond donors (Lipinski definition) is 2. The molecule has 0 unspecified atom stereocenters. The molecule has 0 bridgehead atoms. The van der Waals surface area contributed by atoms with Crippen molar-refractivity contribution < 1.29 is 9.90 Å². The van der Waals surface area contributed by atoms with Gasteiger partial charge in [0.25, 0.3) is 0 Å². The Morgan fingerprint density at radius 2 is 2.46 bits per heavy atom. The van der Waals surface area contributed by atoms with Crippen molar-refractivity contribution in [2.45, 2.75) is 19.3 Å². The minimum absolute atomic E-state index is 0.287. The summed E-state index contributed by atoms with van der Waals surface area (Å²) in [6.45, 7) is 5.73. The molecule has 1 rings (SSSR count). The van der Waals surface area contributed by atoms with Gasteiger partial charge in [-0.05, 0) is 31.2 Å². The molecule has 1 saturated heterocycles. The van der Waals surface area contributed by atoms with Gasteiger partial charge in [0.1, 0.15) is 0 Å². The quantitative estimate of drug-likeness (QED) is 0.645. The highest BCUT2D eigenvalue weighted by molar-refractivity contribution is 5.66. The van der Waals surface area contributed by atoms with Crippen LogP contribution in [0.5, 0.6) is 0 Å². The van der Waals surface area contributed by atoms with Gasteiger partial charge in [-0.1, -0.05) is 6.08 Å². The van der Waals surface area contributed by atoms with Crippen LogP contribution in [0.25, 0.3) is 0 Å². The second-order valence-electron chi connectivity index (χ2n) is 3.58. The minimum atomic E-state index is -0.693. The first kappa shape index (κ1) is 10.3. The van der Waals surface area contributed by atoms with Crippen molar-refractivity contribution in [1.29, 1.82) is 0 Å². The SMILES string of the molecule is C=C[C@@H]1CNCC[C@@H]1CCC(=O)O. The van der Waals surface area contributed by atoms with Crippen molar-refractivity contribution in [3.05, 3.63) is 12.7 Å². The molecule has 0 aromatic carbocycles. The number of hydrogen-bond acceptors (Lipinski definition) is 2. The Labute approximate surface area is 78.8 Å². The molecule has 2 N–H and O–H groups in total. The van der Waals surface area contributed by atoms with E-state index in [1.807, 2.05) is 6.08 Å². The average molecular weight is 183 g/mol. The molecule has 0 saturated carbocycles. The fraction of sp³-hybridized carbons (Fsp3) is 0.700. The molecule has 1 fully saturated rings. The molecule has 1 aliphatic rings. The summed E-state index contributed by atoms with van der Waals surface area (Å²) in [7, 11) is 0. The summed E-state index contributed by atoms with van der Waals surface area (Å²) in [5, 5.41) is 11.8. The molecule has 74 valence electrons. The maximum absolute atomic E-state index is 10.4. The van der Waals surface area contributed by atoms with Crippen LogP contribution in [-0.4, -0.2) is 24.2 Å². The fourth-order valence-corrected chi connectivity index (χ4v) is 1.88. The largest absolute Gasteiger partial charge is 0.481 e. The van der Waals surface area contributed by atoms with Crippen molar-refractivity contribution in [1.82, 2.24) is 5.32 Å². The molecule has 0 aromatic heterocycles. The lowest BCUT2D eigenvalue weighted by atomic mass is 9.83. The Kier molecular flexibility index (Phi) is 3.96. The topological polar surface area (TPSA) is 49.3 Å². The highest BCUT2D eigenvalue weighted by Gasteiger charge is 2.22. The molecular weight excluding hydrogens is 166 g/mol. The van der Waals surface area contributed by atoms with E-state index in [0.29, 0.717) is 11.8 Å². The summed E-state index contributed by atoms with van der Waals surface area (Å²) in [6.07, 6.45) is 4.09. The van der Waals surface area contributed by atoms with E-state index >= 15 is 0 Å². The third-order valence-corrected chi connectivity index (χ3v) is 2.71. The zero-order chi connectivity index (χ0) is 9.68. The van der Waals surface area contributed by atoms with Crippen LogP contribution < -0.4 is 5.32 Å². The highest BCUT2D eigenvalue weighted by Crippen LogP contribution is 2.24. The molecule has 2 atom stereocenters. The molecule has 1 heterocycles. The third kappa shape index (κ3) is 3.19.